The molecule has 2 nitrogen and oxygen atoms in total. The molecule has 58 valence electrons. The molecule has 0 amide bonds. The van der Waals surface area contributed by atoms with Crippen LogP contribution < -0.4 is 0 Å². The Kier molecular flexibility index (Phi) is 2.66. The molecular weight excluding hydrogens is 138 g/mol. The summed E-state index contributed by atoms with van der Waals surface area (Å²) in [7, 11) is 0. The zero-order chi connectivity index (χ0) is 8.10. The van der Waals surface area contributed by atoms with E-state index in [1.807, 2.05) is 37.3 Å². The lowest BCUT2D eigenvalue weighted by Gasteiger charge is -1.98. The molecule has 1 N–H and O–H groups in total. The first-order chi connectivity index (χ1) is 5.38. The molecule has 0 heterocycles. The first kappa shape index (κ1) is 7.79. The third kappa shape index (κ3) is 1.80. The van der Waals surface area contributed by atoms with Gasteiger partial charge in [0.05, 0.1) is 5.71 Å². The van der Waals surface area contributed by atoms with E-state index >= 15 is 0 Å². The molecule has 0 aliphatic heterocycles. The third-order valence-corrected chi connectivity index (χ3v) is 1.56. The van der Waals surface area contributed by atoms with Crippen molar-refractivity contribution in [2.75, 3.05) is 0 Å². The Morgan fingerprint density at radius 3 is 2.45 bits per heavy atom. The Morgan fingerprint density at radius 2 is 2.00 bits per heavy atom. The van der Waals surface area contributed by atoms with Gasteiger partial charge in [0, 0.05) is 0 Å². The van der Waals surface area contributed by atoms with Crippen molar-refractivity contribution in [2.45, 2.75) is 13.3 Å². The van der Waals surface area contributed by atoms with Gasteiger partial charge in [-0.2, -0.15) is 0 Å². The smallest absolute Gasteiger partial charge is 0.0865 e. The van der Waals surface area contributed by atoms with Crippen molar-refractivity contribution in [3.63, 3.8) is 0 Å². The molecule has 0 atom stereocenters. The summed E-state index contributed by atoms with van der Waals surface area (Å²) in [6.07, 6.45) is 0.751. The van der Waals surface area contributed by atoms with E-state index in [4.69, 9.17) is 5.21 Å². The van der Waals surface area contributed by atoms with Gasteiger partial charge in [0.1, 0.15) is 0 Å². The van der Waals surface area contributed by atoms with Crippen LogP contribution >= 0.6 is 0 Å². The van der Waals surface area contributed by atoms with Crippen LogP contribution in [0.25, 0.3) is 0 Å². The van der Waals surface area contributed by atoms with Crippen molar-refractivity contribution in [2.24, 2.45) is 5.16 Å². The zero-order valence-electron chi connectivity index (χ0n) is 6.49. The van der Waals surface area contributed by atoms with Crippen molar-refractivity contribution in [3.8, 4) is 0 Å². The van der Waals surface area contributed by atoms with Crippen LogP contribution in [0.1, 0.15) is 18.9 Å². The second-order valence-corrected chi connectivity index (χ2v) is 2.27. The van der Waals surface area contributed by atoms with Gasteiger partial charge in [-0.1, -0.05) is 42.4 Å². The van der Waals surface area contributed by atoms with Gasteiger partial charge in [-0.15, -0.1) is 0 Å². The van der Waals surface area contributed by atoms with Gasteiger partial charge in [0.15, 0.2) is 0 Å². The maximum atomic E-state index is 8.57. The van der Waals surface area contributed by atoms with Gasteiger partial charge < -0.3 is 5.21 Å². The molecule has 0 saturated carbocycles. The van der Waals surface area contributed by atoms with Gasteiger partial charge in [-0.3, -0.25) is 0 Å². The van der Waals surface area contributed by atoms with E-state index in [1.165, 1.54) is 0 Å². The highest BCUT2D eigenvalue weighted by molar-refractivity contribution is 5.99. The highest BCUT2D eigenvalue weighted by Gasteiger charge is 1.98. The molecule has 0 fully saturated rings. The average molecular weight is 149 g/mol. The molecule has 0 aliphatic rings. The number of nitrogens with zero attached hydrogens (tertiary/aromatic N) is 1. The van der Waals surface area contributed by atoms with E-state index in [0.717, 1.165) is 17.7 Å². The van der Waals surface area contributed by atoms with Crippen LogP contribution in [-0.2, 0) is 0 Å². The van der Waals surface area contributed by atoms with Crippen molar-refractivity contribution in [1.82, 2.24) is 0 Å². The summed E-state index contributed by atoms with van der Waals surface area (Å²) in [5.41, 5.74) is 1.71. The Labute approximate surface area is 66.2 Å². The van der Waals surface area contributed by atoms with E-state index < -0.39 is 0 Å². The molecule has 0 unspecified atom stereocenters. The molecule has 0 bridgehead atoms. The molecule has 0 saturated heterocycles. The lowest BCUT2D eigenvalue weighted by atomic mass is 10.1. The van der Waals surface area contributed by atoms with Gasteiger partial charge >= 0.3 is 0 Å². The molecule has 0 aliphatic carbocycles. The monoisotopic (exact) mass is 149 g/mol. The predicted octanol–water partition coefficient (Wildman–Crippen LogP) is 2.27. The van der Waals surface area contributed by atoms with Crippen LogP contribution in [0.15, 0.2) is 35.5 Å². The van der Waals surface area contributed by atoms with Crippen LogP contribution in [-0.4, -0.2) is 10.9 Å². The molecular formula is C9H11NO. The molecule has 0 spiro atoms. The summed E-state index contributed by atoms with van der Waals surface area (Å²) < 4.78 is 0. The first-order valence-corrected chi connectivity index (χ1v) is 3.64. The highest BCUT2D eigenvalue weighted by Crippen LogP contribution is 2.02. The van der Waals surface area contributed by atoms with Crippen LogP contribution in [0, 0.1) is 0 Å². The summed E-state index contributed by atoms with van der Waals surface area (Å²) in [6, 6.07) is 9.65. The van der Waals surface area contributed by atoms with E-state index in [9.17, 15) is 0 Å². The van der Waals surface area contributed by atoms with Gasteiger partial charge in [0.2, 0.25) is 0 Å². The summed E-state index contributed by atoms with van der Waals surface area (Å²) >= 11 is 0. The second-order valence-electron chi connectivity index (χ2n) is 2.27. The van der Waals surface area contributed by atoms with Crippen LogP contribution in [0.4, 0.5) is 0 Å². The molecule has 2 heteroatoms. The minimum Gasteiger partial charge on any atom is -0.411 e. The Morgan fingerprint density at radius 1 is 1.36 bits per heavy atom. The average Bonchev–Trinajstić information content (AvgIpc) is 2.09. The standard InChI is InChI=1S/C9H11NO/c1-2-9(10-11)8-6-4-3-5-7-8/h3-7,11H,2H2,1H3/b10-9-. The van der Waals surface area contributed by atoms with Crippen LogP contribution in [0.2, 0.25) is 0 Å². The summed E-state index contributed by atoms with van der Waals surface area (Å²) in [5.74, 6) is 0. The van der Waals surface area contributed by atoms with Crippen LogP contribution in [0.3, 0.4) is 0 Å². The number of rotatable bonds is 2. The van der Waals surface area contributed by atoms with Gasteiger partial charge in [-0.05, 0) is 12.0 Å². The molecule has 11 heavy (non-hydrogen) atoms. The highest BCUT2D eigenvalue weighted by atomic mass is 16.4. The first-order valence-electron chi connectivity index (χ1n) is 3.64. The fourth-order valence-electron chi connectivity index (χ4n) is 0.963. The van der Waals surface area contributed by atoms with Crippen molar-refractivity contribution in [1.29, 1.82) is 0 Å². The van der Waals surface area contributed by atoms with E-state index in [1.54, 1.807) is 0 Å². The van der Waals surface area contributed by atoms with E-state index in [0.29, 0.717) is 0 Å². The predicted molar refractivity (Wildman–Crippen MR) is 45.1 cm³/mol. The largest absolute Gasteiger partial charge is 0.411 e. The van der Waals surface area contributed by atoms with E-state index in [2.05, 4.69) is 5.16 Å². The van der Waals surface area contributed by atoms with Gasteiger partial charge in [-0.25, -0.2) is 0 Å². The lowest BCUT2D eigenvalue weighted by Crippen LogP contribution is -1.97. The SMILES string of the molecule is CC/C(=N/O)c1ccccc1. The summed E-state index contributed by atoms with van der Waals surface area (Å²) in [4.78, 5) is 0. The number of benzene rings is 1. The Bertz CT molecular complexity index is 241. The molecule has 0 radical (unpaired) electrons. The normalized spacial score (nSPS) is 11.5. The minimum absolute atomic E-state index is 0.727. The van der Waals surface area contributed by atoms with Crippen LogP contribution in [0.5, 0.6) is 0 Å². The molecule has 0 aromatic heterocycles. The second kappa shape index (κ2) is 3.76. The number of hydrogen-bond donors (Lipinski definition) is 1. The number of oxime groups is 1. The lowest BCUT2D eigenvalue weighted by molar-refractivity contribution is 0.318. The van der Waals surface area contributed by atoms with Gasteiger partial charge in [0.25, 0.3) is 0 Å². The summed E-state index contributed by atoms with van der Waals surface area (Å²) in [5, 5.41) is 11.8. The Hall–Kier alpha value is -1.31. The van der Waals surface area contributed by atoms with Crippen molar-refractivity contribution < 1.29 is 5.21 Å². The summed E-state index contributed by atoms with van der Waals surface area (Å²) in [6.45, 7) is 1.96. The maximum Gasteiger partial charge on any atom is 0.0865 e. The minimum atomic E-state index is 0.727. The molecule has 1 aromatic carbocycles. The third-order valence-electron chi connectivity index (χ3n) is 1.56. The molecule has 1 aromatic rings. The fourth-order valence-corrected chi connectivity index (χ4v) is 0.963. The Balaban J connectivity index is 2.92. The zero-order valence-corrected chi connectivity index (χ0v) is 6.49. The fraction of sp³-hybridized carbons (Fsp3) is 0.222. The quantitative estimate of drug-likeness (QED) is 0.390. The number of hydrogen-bond acceptors (Lipinski definition) is 2. The van der Waals surface area contributed by atoms with Crippen molar-refractivity contribution in [3.05, 3.63) is 35.9 Å². The maximum absolute atomic E-state index is 8.57. The van der Waals surface area contributed by atoms with Crippen molar-refractivity contribution >= 4 is 5.71 Å². The van der Waals surface area contributed by atoms with E-state index in [-0.39, 0.29) is 0 Å². The molecule has 1 rings (SSSR count). The topological polar surface area (TPSA) is 32.6 Å².